The highest BCUT2D eigenvalue weighted by Gasteiger charge is 2.51. The van der Waals surface area contributed by atoms with Crippen molar-refractivity contribution in [2.24, 2.45) is 10.8 Å². The summed E-state index contributed by atoms with van der Waals surface area (Å²) in [5.74, 6) is -5.45. The lowest BCUT2D eigenvalue weighted by atomic mass is 9.85. The summed E-state index contributed by atoms with van der Waals surface area (Å²) in [6, 6.07) is 27.2. The summed E-state index contributed by atoms with van der Waals surface area (Å²) < 4.78 is 15.5. The monoisotopic (exact) mass is 1560 g/mol. The molecule has 7 aliphatic rings. The van der Waals surface area contributed by atoms with E-state index in [4.69, 9.17) is 26.5 Å². The minimum Gasteiger partial charge on any atom is -0.487 e. The van der Waals surface area contributed by atoms with E-state index in [2.05, 4.69) is 74.0 Å². The smallest absolute Gasteiger partial charge is 0.326 e. The maximum atomic E-state index is 15.8. The summed E-state index contributed by atoms with van der Waals surface area (Å²) in [4.78, 5) is 142. The number of carboxylic acids is 1. The molecule has 0 radical (unpaired) electrons. The number of carboxylic acid groups (broad SMARTS) is 1. The Morgan fingerprint density at radius 1 is 0.549 bits per heavy atom. The number of thiocarbonyl (C=S) groups is 1. The van der Waals surface area contributed by atoms with Crippen molar-refractivity contribution in [3.8, 4) is 11.5 Å². The topological polar surface area (TPSA) is 390 Å². The van der Waals surface area contributed by atoms with Gasteiger partial charge in [0.1, 0.15) is 84.6 Å². The lowest BCUT2D eigenvalue weighted by molar-refractivity contribution is -0.145. The highest BCUT2D eigenvalue weighted by molar-refractivity contribution is 7.80. The van der Waals surface area contributed by atoms with Gasteiger partial charge in [-0.25, -0.2) is 14.2 Å². The predicted molar refractivity (Wildman–Crippen MR) is 422 cm³/mol. The van der Waals surface area contributed by atoms with Gasteiger partial charge in [-0.15, -0.1) is 15.7 Å². The maximum Gasteiger partial charge on any atom is 0.326 e. The van der Waals surface area contributed by atoms with Crippen LogP contribution in [-0.4, -0.2) is 197 Å². The number of aliphatic carboxylic acids is 1. The van der Waals surface area contributed by atoms with Crippen molar-refractivity contribution in [3.63, 3.8) is 0 Å². The summed E-state index contributed by atoms with van der Waals surface area (Å²) in [6.45, 7) is 14.0. The molecule has 1 unspecified atom stereocenters. The average Bonchev–Trinajstić information content (AvgIpc) is 1.46. The molecule has 3 fully saturated rings. The van der Waals surface area contributed by atoms with Crippen molar-refractivity contribution >= 4 is 92.2 Å². The van der Waals surface area contributed by atoms with E-state index in [9.17, 15) is 19.5 Å². The van der Waals surface area contributed by atoms with Gasteiger partial charge in [0.05, 0.1) is 42.6 Å². The van der Waals surface area contributed by atoms with Crippen LogP contribution in [0.2, 0.25) is 0 Å². The van der Waals surface area contributed by atoms with Crippen LogP contribution in [0.1, 0.15) is 114 Å². The average molecular weight is 1560 g/mol. The first-order valence-electron chi connectivity index (χ1n) is 37.9. The number of hydrogen-bond donors (Lipinski definition) is 11. The highest BCUT2D eigenvalue weighted by Crippen LogP contribution is 2.36. The van der Waals surface area contributed by atoms with Crippen LogP contribution in [0, 0.1) is 10.8 Å². The molecule has 9 heterocycles. The van der Waals surface area contributed by atoms with Gasteiger partial charge in [0.2, 0.25) is 47.3 Å². The number of rotatable bonds is 14. The van der Waals surface area contributed by atoms with Crippen LogP contribution < -0.4 is 62.8 Å². The minimum atomic E-state index is -1.53. The molecule has 7 aliphatic heterocycles. The number of nitrogens with one attached hydrogen (secondary N) is 10. The number of amides is 8. The number of benzene rings is 6. The van der Waals surface area contributed by atoms with Crippen LogP contribution in [0.3, 0.4) is 0 Å². The number of likely N-dealkylation sites (N-methyl/N-ethyl adjacent to an activating group) is 2. The van der Waals surface area contributed by atoms with Gasteiger partial charge in [-0.05, 0) is 138 Å². The molecule has 32 heteroatoms. The fraction of sp³-hybridized carbons (Fsp3) is 0.432. The molecule has 13 atom stereocenters. The number of carbonyl (C=O) groups excluding carboxylic acids is 8. The van der Waals surface area contributed by atoms with Crippen LogP contribution in [0.5, 0.6) is 11.5 Å². The van der Waals surface area contributed by atoms with E-state index in [0.717, 1.165) is 27.1 Å². The highest BCUT2D eigenvalue weighted by atomic mass is 32.1. The number of ether oxygens (including phenoxy) is 2. The first-order valence-corrected chi connectivity index (χ1v) is 38.3. The van der Waals surface area contributed by atoms with E-state index in [1.165, 1.54) is 19.2 Å². The van der Waals surface area contributed by atoms with Crippen LogP contribution >= 0.6 is 12.2 Å². The lowest BCUT2D eigenvalue weighted by Gasteiger charge is -2.37. The van der Waals surface area contributed by atoms with Crippen molar-refractivity contribution in [2.45, 2.75) is 186 Å². The molecule has 8 amide bonds. The first kappa shape index (κ1) is 81.0. The van der Waals surface area contributed by atoms with E-state index in [-0.39, 0.29) is 70.0 Å². The lowest BCUT2D eigenvalue weighted by Crippen LogP contribution is -2.62. The van der Waals surface area contributed by atoms with Crippen LogP contribution in [0.4, 0.5) is 0 Å². The molecule has 15 rings (SSSR count). The van der Waals surface area contributed by atoms with E-state index in [1.807, 2.05) is 118 Å². The third-order valence-electron chi connectivity index (χ3n) is 21.3. The number of likely N-dealkylation sites (tertiary alicyclic amines) is 2. The first-order chi connectivity index (χ1) is 54.0. The largest absolute Gasteiger partial charge is 0.487 e. The molecule has 596 valence electrons. The fourth-order valence-electron chi connectivity index (χ4n) is 14.6. The molecule has 2 aromatic heterocycles. The van der Waals surface area contributed by atoms with Crippen molar-refractivity contribution in [2.75, 3.05) is 27.2 Å². The molecular weight excluding hydrogens is 1470 g/mol. The second kappa shape index (κ2) is 35.1. The zero-order valence-corrected chi connectivity index (χ0v) is 65.6. The molecule has 8 aromatic rings. The molecule has 8 bridgehead atoms. The minimum absolute atomic E-state index is 0.0101. The number of nitrogens with zero attached hydrogens (tertiary/aromatic N) is 8. The summed E-state index contributed by atoms with van der Waals surface area (Å²) in [6.07, 6.45) is 2.63. The molecule has 6 aromatic carbocycles. The Hall–Kier alpha value is -11.5. The number of fused-ring (bicyclic) bond motifs is 2. The third-order valence-corrected chi connectivity index (χ3v) is 21.5. The number of hydroxylamine groups is 1. The van der Waals surface area contributed by atoms with E-state index in [1.54, 1.807) is 97.5 Å². The van der Waals surface area contributed by atoms with Gasteiger partial charge < -0.3 is 77.1 Å². The molecule has 0 saturated carbocycles. The predicted octanol–water partition coefficient (Wildman–Crippen LogP) is 3.94. The van der Waals surface area contributed by atoms with Gasteiger partial charge in [0.15, 0.2) is 0 Å². The molecule has 113 heavy (non-hydrogen) atoms. The summed E-state index contributed by atoms with van der Waals surface area (Å²) in [5.41, 5.74) is 4.38. The number of aromatic nitrogens is 6. The van der Waals surface area contributed by atoms with Gasteiger partial charge >= 0.3 is 5.97 Å². The quantitative estimate of drug-likeness (QED) is 0.0687. The molecule has 11 N–H and O–H groups in total. The zero-order valence-electron chi connectivity index (χ0n) is 64.8. The SMILES string of the molecule is CN[C@@H](C)C(=O)N[C@H](C(=O)N1CC[C@@H]2[C@H]1C(=O)N[C@@H](Cc1ccc3ccccc3c1)C(=O)N[C@H](C(=O)O)Cc1ccc(cc1)OCc1cn(nn1)[C@@H]1CCN(C(=O)[C@@H](NC(=O)[C@H](C)NC)C(C)(C)C)[C@@H]1C(=O)N[C@@H](Cc1ccc3ccccc3c1)C(=O)N[C@H](C1NOC(=S)N1)Cc1ccc(cc1)OCc1cn2nn1)C(C)(C)C. The third kappa shape index (κ3) is 19.5. The Kier molecular flexibility index (Phi) is 25.1. The Bertz CT molecular complexity index is 4830. The number of hydrogen-bond acceptors (Lipinski definition) is 20. The molecule has 31 nitrogen and oxygen atoms in total. The van der Waals surface area contributed by atoms with Crippen molar-refractivity contribution < 1.29 is 62.6 Å². The van der Waals surface area contributed by atoms with Gasteiger partial charge in [-0.2, -0.15) is 0 Å². The summed E-state index contributed by atoms with van der Waals surface area (Å²) in [5, 5.41) is 59.2. The second-order valence-electron chi connectivity index (χ2n) is 31.5. The molecule has 0 spiro atoms. The fourth-order valence-corrected chi connectivity index (χ4v) is 14.8. The Labute approximate surface area is 659 Å². The zero-order chi connectivity index (χ0) is 80.6. The Balaban J connectivity index is 0.897. The summed E-state index contributed by atoms with van der Waals surface area (Å²) >= 11 is 5.42. The van der Waals surface area contributed by atoms with Crippen molar-refractivity contribution in [1.82, 2.24) is 93.1 Å². The van der Waals surface area contributed by atoms with Crippen LogP contribution in [-0.2, 0) is 86.9 Å². The van der Waals surface area contributed by atoms with Gasteiger partial charge in [0.25, 0.3) is 5.17 Å². The van der Waals surface area contributed by atoms with E-state index in [0.29, 0.717) is 39.6 Å². The molecule has 3 saturated heterocycles. The number of carbonyl (C=O) groups is 9. The normalized spacial score (nSPS) is 22.7. The van der Waals surface area contributed by atoms with Crippen LogP contribution in [0.15, 0.2) is 146 Å². The summed E-state index contributed by atoms with van der Waals surface area (Å²) in [7, 11) is 3.25. The second-order valence-corrected chi connectivity index (χ2v) is 31.9. The standard InChI is InChI=1S/C81H98N18O13S/c1-45(82-9)70(100)88-67(80(3,4)5)76(106)96-33-31-63-65(96)74(104)85-60(39-49-19-25-51-15-11-13-17-53(51)35-49)72(102)84-59(69-90-79(113)112-93-69)37-47-21-27-57(28-22-47)110-43-55-41-99(95-91-55)64-32-34-97(77(107)68(81(6,7)8)89-71(101)46(2)83-10)66(64)75(105)86-61(40-50-20-26-52-16-12-14-18-54(52)36-50)73(103)87-62(78(108)109)38-48-23-29-58(30-24-48)111-44-56-42-98(63)94-92-56/h11-30,35-36,41-42,45-46,59-69,82-83,93H,31-34,37-40,43-44H2,1-10H3,(H,84,102)(H,85,104)(H,86,105)(H,87,103)(H,88,100)(H,89,101)(H,90,113)(H,108,109)/t45-,46-,59-,60-,61-,62-,63+,64+,65-,66-,67+,68+,69?/m0/s1. The van der Waals surface area contributed by atoms with Gasteiger partial charge in [-0.1, -0.05) is 161 Å². The van der Waals surface area contributed by atoms with E-state index < -0.39 is 143 Å². The maximum absolute atomic E-state index is 15.8. The Morgan fingerprint density at radius 2 is 0.973 bits per heavy atom. The van der Waals surface area contributed by atoms with Crippen LogP contribution in [0.25, 0.3) is 21.5 Å². The van der Waals surface area contributed by atoms with Crippen molar-refractivity contribution in [1.29, 1.82) is 0 Å². The molecule has 0 aliphatic carbocycles. The van der Waals surface area contributed by atoms with E-state index >= 15 is 28.8 Å². The molecular formula is C81H98N18O13S. The van der Waals surface area contributed by atoms with Gasteiger partial charge in [0, 0.05) is 32.4 Å². The van der Waals surface area contributed by atoms with Gasteiger partial charge in [-0.3, -0.25) is 38.4 Å². The Morgan fingerprint density at radius 3 is 1.38 bits per heavy atom. The van der Waals surface area contributed by atoms with Crippen molar-refractivity contribution in [3.05, 3.63) is 179 Å².